The monoisotopic (exact) mass is 286 g/mol. The fourth-order valence-corrected chi connectivity index (χ4v) is 2.38. The number of anilines is 1. The van der Waals surface area contributed by atoms with Gasteiger partial charge in [0, 0.05) is 26.2 Å². The first-order valence-corrected chi connectivity index (χ1v) is 6.04. The lowest BCUT2D eigenvalue weighted by molar-refractivity contribution is 0.402. The van der Waals surface area contributed by atoms with Crippen LogP contribution in [0.3, 0.4) is 0 Å². The molecule has 1 aromatic rings. The lowest BCUT2D eigenvalue weighted by Crippen LogP contribution is -2.43. The molecule has 0 amide bonds. The lowest BCUT2D eigenvalue weighted by Gasteiger charge is -2.30. The zero-order chi connectivity index (χ0) is 11.5. The summed E-state index contributed by atoms with van der Waals surface area (Å²) in [5.41, 5.74) is 1.02. The Morgan fingerprint density at radius 2 is 2.06 bits per heavy atom. The molecule has 16 heavy (non-hydrogen) atoms. The van der Waals surface area contributed by atoms with Crippen LogP contribution in [0.2, 0.25) is 0 Å². The van der Waals surface area contributed by atoms with Gasteiger partial charge in [-0.2, -0.15) is 0 Å². The van der Waals surface area contributed by atoms with Gasteiger partial charge in [0.25, 0.3) is 0 Å². The van der Waals surface area contributed by atoms with Gasteiger partial charge >= 0.3 is 0 Å². The third-order valence-electron chi connectivity index (χ3n) is 2.72. The van der Waals surface area contributed by atoms with E-state index in [-0.39, 0.29) is 5.75 Å². The number of halogens is 1. The first-order chi connectivity index (χ1) is 7.74. The van der Waals surface area contributed by atoms with Gasteiger partial charge in [-0.25, -0.2) is 0 Å². The van der Waals surface area contributed by atoms with Crippen molar-refractivity contribution in [3.8, 4) is 11.5 Å². The molecule has 2 N–H and O–H groups in total. The SMILES string of the molecule is COc1c(N2CCNCC2)ccc(O)c1Br. The molecular formula is C11H15BrN2O2. The number of phenols is 1. The fraction of sp³-hybridized carbons (Fsp3) is 0.455. The molecule has 0 aromatic heterocycles. The maximum Gasteiger partial charge on any atom is 0.160 e. The molecule has 1 aromatic carbocycles. The van der Waals surface area contributed by atoms with Crippen molar-refractivity contribution < 1.29 is 9.84 Å². The smallest absolute Gasteiger partial charge is 0.160 e. The lowest BCUT2D eigenvalue weighted by atomic mass is 10.2. The maximum absolute atomic E-state index is 9.60. The number of rotatable bonds is 2. The third-order valence-corrected chi connectivity index (χ3v) is 3.48. The Kier molecular flexibility index (Phi) is 3.56. The quantitative estimate of drug-likeness (QED) is 0.866. The second kappa shape index (κ2) is 4.93. The second-order valence-electron chi connectivity index (χ2n) is 3.69. The van der Waals surface area contributed by atoms with Crippen LogP contribution in [0.4, 0.5) is 5.69 Å². The maximum atomic E-state index is 9.60. The van der Waals surface area contributed by atoms with Gasteiger partial charge in [0.1, 0.15) is 10.2 Å². The largest absolute Gasteiger partial charge is 0.507 e. The Bertz CT molecular complexity index is 378. The molecule has 2 rings (SSSR count). The molecule has 0 spiro atoms. The minimum Gasteiger partial charge on any atom is -0.507 e. The molecule has 1 aliphatic heterocycles. The molecule has 0 atom stereocenters. The van der Waals surface area contributed by atoms with Crippen molar-refractivity contribution in [1.82, 2.24) is 5.32 Å². The van der Waals surface area contributed by atoms with Gasteiger partial charge in [0.15, 0.2) is 5.75 Å². The first-order valence-electron chi connectivity index (χ1n) is 5.25. The minimum atomic E-state index is 0.204. The molecule has 0 bridgehead atoms. The molecule has 1 saturated heterocycles. The highest BCUT2D eigenvalue weighted by molar-refractivity contribution is 9.10. The summed E-state index contributed by atoms with van der Waals surface area (Å²) in [4.78, 5) is 2.25. The van der Waals surface area contributed by atoms with E-state index in [9.17, 15) is 5.11 Å². The molecule has 5 heteroatoms. The number of benzene rings is 1. The number of phenolic OH excluding ortho intramolecular Hbond substituents is 1. The van der Waals surface area contributed by atoms with Crippen molar-refractivity contribution in [2.24, 2.45) is 0 Å². The van der Waals surface area contributed by atoms with E-state index in [1.165, 1.54) is 0 Å². The Labute approximate surface area is 103 Å². The van der Waals surface area contributed by atoms with Gasteiger partial charge in [0.2, 0.25) is 0 Å². The van der Waals surface area contributed by atoms with Crippen LogP contribution >= 0.6 is 15.9 Å². The number of aromatic hydroxyl groups is 1. The number of methoxy groups -OCH3 is 1. The van der Waals surface area contributed by atoms with E-state index in [2.05, 4.69) is 26.1 Å². The van der Waals surface area contributed by atoms with Crippen molar-refractivity contribution in [3.63, 3.8) is 0 Å². The highest BCUT2D eigenvalue weighted by Crippen LogP contribution is 2.41. The predicted molar refractivity (Wildman–Crippen MR) is 67.4 cm³/mol. The molecule has 1 heterocycles. The summed E-state index contributed by atoms with van der Waals surface area (Å²) in [5.74, 6) is 0.901. The average Bonchev–Trinajstić information content (AvgIpc) is 2.33. The summed E-state index contributed by atoms with van der Waals surface area (Å²) >= 11 is 3.34. The van der Waals surface area contributed by atoms with Gasteiger partial charge in [-0.15, -0.1) is 0 Å². The average molecular weight is 287 g/mol. The van der Waals surface area contributed by atoms with Gasteiger partial charge in [-0.1, -0.05) is 0 Å². The summed E-state index contributed by atoms with van der Waals surface area (Å²) in [6.07, 6.45) is 0. The molecule has 0 saturated carbocycles. The summed E-state index contributed by atoms with van der Waals surface area (Å²) < 4.78 is 5.96. The van der Waals surface area contributed by atoms with Crippen LogP contribution in [-0.4, -0.2) is 38.4 Å². The van der Waals surface area contributed by atoms with Crippen LogP contribution in [0.1, 0.15) is 0 Å². The van der Waals surface area contributed by atoms with E-state index in [1.807, 2.05) is 6.07 Å². The first kappa shape index (κ1) is 11.5. The molecule has 0 aliphatic carbocycles. The number of nitrogens with zero attached hydrogens (tertiary/aromatic N) is 1. The van der Waals surface area contributed by atoms with Crippen LogP contribution in [0.25, 0.3) is 0 Å². The van der Waals surface area contributed by atoms with Crippen LogP contribution in [0, 0.1) is 0 Å². The Hall–Kier alpha value is -0.940. The van der Waals surface area contributed by atoms with Gasteiger partial charge < -0.3 is 20.1 Å². The molecular weight excluding hydrogens is 272 g/mol. The predicted octanol–water partition coefficient (Wildman–Crippen LogP) is 1.57. The summed E-state index contributed by atoms with van der Waals surface area (Å²) in [7, 11) is 1.62. The summed E-state index contributed by atoms with van der Waals surface area (Å²) in [6, 6.07) is 3.58. The van der Waals surface area contributed by atoms with Crippen molar-refractivity contribution in [2.45, 2.75) is 0 Å². The number of hydrogen-bond donors (Lipinski definition) is 2. The Balaban J connectivity index is 2.35. The highest BCUT2D eigenvalue weighted by Gasteiger charge is 2.18. The number of ether oxygens (including phenoxy) is 1. The number of nitrogens with one attached hydrogen (secondary N) is 1. The Morgan fingerprint density at radius 1 is 1.38 bits per heavy atom. The van der Waals surface area contributed by atoms with E-state index in [0.717, 1.165) is 31.9 Å². The minimum absolute atomic E-state index is 0.204. The Morgan fingerprint density at radius 3 is 2.69 bits per heavy atom. The molecule has 0 unspecified atom stereocenters. The standard InChI is InChI=1S/C11H15BrN2O2/c1-16-11-8(2-3-9(15)10(11)12)14-6-4-13-5-7-14/h2-3,13,15H,4-7H2,1H3. The van der Waals surface area contributed by atoms with Crippen LogP contribution in [0.15, 0.2) is 16.6 Å². The van der Waals surface area contributed by atoms with Crippen LogP contribution in [-0.2, 0) is 0 Å². The third kappa shape index (κ3) is 2.10. The van der Waals surface area contributed by atoms with Crippen molar-refractivity contribution in [2.75, 3.05) is 38.2 Å². The van der Waals surface area contributed by atoms with Gasteiger partial charge in [-0.05, 0) is 28.1 Å². The van der Waals surface area contributed by atoms with Gasteiger partial charge in [-0.3, -0.25) is 0 Å². The normalized spacial score (nSPS) is 16.2. The van der Waals surface area contributed by atoms with E-state index < -0.39 is 0 Å². The van der Waals surface area contributed by atoms with E-state index in [1.54, 1.807) is 13.2 Å². The zero-order valence-electron chi connectivity index (χ0n) is 9.16. The zero-order valence-corrected chi connectivity index (χ0v) is 10.7. The van der Waals surface area contributed by atoms with Crippen molar-refractivity contribution in [1.29, 1.82) is 0 Å². The highest BCUT2D eigenvalue weighted by atomic mass is 79.9. The van der Waals surface area contributed by atoms with Crippen LogP contribution < -0.4 is 15.0 Å². The van der Waals surface area contributed by atoms with Crippen molar-refractivity contribution in [3.05, 3.63) is 16.6 Å². The summed E-state index contributed by atoms with van der Waals surface area (Å²) in [6.45, 7) is 3.85. The van der Waals surface area contributed by atoms with Crippen LogP contribution in [0.5, 0.6) is 11.5 Å². The summed E-state index contributed by atoms with van der Waals surface area (Å²) in [5, 5.41) is 12.9. The fourth-order valence-electron chi connectivity index (χ4n) is 1.88. The molecule has 1 aliphatic rings. The van der Waals surface area contributed by atoms with E-state index in [0.29, 0.717) is 10.2 Å². The molecule has 0 radical (unpaired) electrons. The number of piperazine rings is 1. The second-order valence-corrected chi connectivity index (χ2v) is 4.48. The van der Waals surface area contributed by atoms with E-state index >= 15 is 0 Å². The molecule has 4 nitrogen and oxygen atoms in total. The van der Waals surface area contributed by atoms with Gasteiger partial charge in [0.05, 0.1) is 12.8 Å². The molecule has 88 valence electrons. The molecule has 1 fully saturated rings. The number of hydrogen-bond acceptors (Lipinski definition) is 4. The van der Waals surface area contributed by atoms with Crippen molar-refractivity contribution >= 4 is 21.6 Å². The van der Waals surface area contributed by atoms with E-state index in [4.69, 9.17) is 4.74 Å². The topological polar surface area (TPSA) is 44.7 Å².